The highest BCUT2D eigenvalue weighted by Crippen LogP contribution is 2.21. The fraction of sp³-hybridized carbons (Fsp3) is 0.417. The number of halogens is 3. The molecule has 1 aliphatic rings. The molecule has 1 heterocycles. The molecule has 0 radical (unpaired) electrons. The molecule has 1 fully saturated rings. The van der Waals surface area contributed by atoms with Crippen LogP contribution in [0.15, 0.2) is 18.2 Å². The number of nitrogens with two attached hydrogens (primary N) is 1. The highest BCUT2D eigenvalue weighted by atomic mass is 127. The molecule has 1 aromatic rings. The van der Waals surface area contributed by atoms with Crippen LogP contribution in [0.2, 0.25) is 5.02 Å². The lowest BCUT2D eigenvalue weighted by atomic mass is 10.1. The van der Waals surface area contributed by atoms with Crippen LogP contribution in [0.25, 0.3) is 0 Å². The van der Waals surface area contributed by atoms with E-state index in [1.54, 1.807) is 12.1 Å². The lowest BCUT2D eigenvalue weighted by Gasteiger charge is -2.30. The van der Waals surface area contributed by atoms with Gasteiger partial charge in [-0.05, 0) is 53.6 Å². The minimum atomic E-state index is 0. The minimum absolute atomic E-state index is 0. The molecule has 0 saturated carbocycles. The maximum Gasteiger partial charge on any atom is 0.253 e. The fourth-order valence-corrected chi connectivity index (χ4v) is 2.64. The van der Waals surface area contributed by atoms with Gasteiger partial charge in [0, 0.05) is 28.3 Å². The number of piperidine rings is 1. The third-order valence-corrected chi connectivity index (χ3v) is 4.45. The van der Waals surface area contributed by atoms with Crippen molar-refractivity contribution < 1.29 is 4.79 Å². The van der Waals surface area contributed by atoms with Crippen LogP contribution < -0.4 is 5.73 Å². The number of nitrogens with zero attached hydrogens (tertiary/aromatic N) is 1. The van der Waals surface area contributed by atoms with Gasteiger partial charge in [0.25, 0.3) is 5.91 Å². The summed E-state index contributed by atoms with van der Waals surface area (Å²) in [5.41, 5.74) is 6.57. The Morgan fingerprint density at radius 1 is 1.50 bits per heavy atom. The molecule has 1 aromatic carbocycles. The van der Waals surface area contributed by atoms with E-state index in [1.807, 2.05) is 11.0 Å². The van der Waals surface area contributed by atoms with E-state index in [2.05, 4.69) is 22.6 Å². The fourth-order valence-electron chi connectivity index (χ4n) is 2.01. The van der Waals surface area contributed by atoms with Crippen molar-refractivity contribution in [3.05, 3.63) is 32.4 Å². The summed E-state index contributed by atoms with van der Waals surface area (Å²) in [5.74, 6) is 0.0507. The first-order valence-electron chi connectivity index (χ1n) is 5.58. The molecular weight excluding hydrogens is 386 g/mol. The number of likely N-dealkylation sites (tertiary alicyclic amines) is 1. The van der Waals surface area contributed by atoms with E-state index < -0.39 is 0 Å². The van der Waals surface area contributed by atoms with Gasteiger partial charge in [-0.25, -0.2) is 0 Å². The van der Waals surface area contributed by atoms with E-state index >= 15 is 0 Å². The van der Waals surface area contributed by atoms with E-state index in [1.165, 1.54) is 0 Å². The van der Waals surface area contributed by atoms with Gasteiger partial charge in [0.1, 0.15) is 0 Å². The van der Waals surface area contributed by atoms with Gasteiger partial charge in [-0.1, -0.05) is 11.6 Å². The Morgan fingerprint density at radius 3 is 2.83 bits per heavy atom. The van der Waals surface area contributed by atoms with Gasteiger partial charge in [-0.15, -0.1) is 12.4 Å². The zero-order chi connectivity index (χ0) is 12.4. The Hall–Kier alpha value is -0.0400. The molecule has 1 aliphatic heterocycles. The summed E-state index contributed by atoms with van der Waals surface area (Å²) in [6, 6.07) is 5.47. The molecule has 0 bridgehead atoms. The summed E-state index contributed by atoms with van der Waals surface area (Å²) >= 11 is 8.07. The van der Waals surface area contributed by atoms with Crippen molar-refractivity contribution in [2.24, 2.45) is 5.73 Å². The SMILES string of the molecule is Cl.NC1CCCN(C(=O)c2ccc(Cl)c(I)c2)C1. The van der Waals surface area contributed by atoms with Crippen LogP contribution >= 0.6 is 46.6 Å². The van der Waals surface area contributed by atoms with Crippen LogP contribution in [0, 0.1) is 3.57 Å². The molecule has 1 atom stereocenters. The summed E-state index contributed by atoms with van der Waals surface area (Å²) in [4.78, 5) is 14.1. The van der Waals surface area contributed by atoms with Crippen molar-refractivity contribution in [3.63, 3.8) is 0 Å². The predicted molar refractivity (Wildman–Crippen MR) is 84.5 cm³/mol. The normalized spacial score (nSPS) is 19.3. The molecule has 0 aromatic heterocycles. The van der Waals surface area contributed by atoms with Crippen LogP contribution in [0.3, 0.4) is 0 Å². The van der Waals surface area contributed by atoms with E-state index in [0.717, 1.165) is 23.0 Å². The molecule has 1 saturated heterocycles. The average molecular weight is 401 g/mol. The Morgan fingerprint density at radius 2 is 2.22 bits per heavy atom. The highest BCUT2D eigenvalue weighted by Gasteiger charge is 2.22. The topological polar surface area (TPSA) is 46.3 Å². The molecular formula is C12H15Cl2IN2O. The highest BCUT2D eigenvalue weighted by molar-refractivity contribution is 14.1. The first kappa shape index (κ1) is 16.0. The van der Waals surface area contributed by atoms with Crippen molar-refractivity contribution in [2.75, 3.05) is 13.1 Å². The number of carbonyl (C=O) groups excluding carboxylic acids is 1. The van der Waals surface area contributed by atoms with Gasteiger partial charge < -0.3 is 10.6 Å². The number of hydrogen-bond acceptors (Lipinski definition) is 2. The first-order chi connectivity index (χ1) is 8.08. The average Bonchev–Trinajstić information content (AvgIpc) is 2.32. The quantitative estimate of drug-likeness (QED) is 0.736. The molecule has 100 valence electrons. The molecule has 6 heteroatoms. The largest absolute Gasteiger partial charge is 0.337 e. The monoisotopic (exact) mass is 400 g/mol. The summed E-state index contributed by atoms with van der Waals surface area (Å²) in [5, 5.41) is 0.678. The van der Waals surface area contributed by atoms with Gasteiger partial charge in [0.05, 0.1) is 5.02 Å². The standard InChI is InChI=1S/C12H14ClIN2O.ClH/c13-10-4-3-8(6-11(10)14)12(17)16-5-1-2-9(15)7-16;/h3-4,6,9H,1-2,5,7,15H2;1H. The van der Waals surface area contributed by atoms with E-state index in [-0.39, 0.29) is 24.4 Å². The Balaban J connectivity index is 0.00000162. The summed E-state index contributed by atoms with van der Waals surface area (Å²) in [6.07, 6.45) is 1.99. The molecule has 1 amide bonds. The van der Waals surface area contributed by atoms with Crippen molar-refractivity contribution >= 4 is 52.5 Å². The Kier molecular flexibility index (Phi) is 6.17. The molecule has 2 rings (SSSR count). The van der Waals surface area contributed by atoms with Crippen LogP contribution in [0.5, 0.6) is 0 Å². The van der Waals surface area contributed by atoms with Gasteiger partial charge in [0.15, 0.2) is 0 Å². The predicted octanol–water partition coefficient (Wildman–Crippen LogP) is 2.93. The van der Waals surface area contributed by atoms with Crippen LogP contribution in [-0.4, -0.2) is 29.9 Å². The lowest BCUT2D eigenvalue weighted by molar-refractivity contribution is 0.0709. The minimum Gasteiger partial charge on any atom is -0.337 e. The van der Waals surface area contributed by atoms with E-state index in [9.17, 15) is 4.79 Å². The molecule has 1 unspecified atom stereocenters. The lowest BCUT2D eigenvalue weighted by Crippen LogP contribution is -2.45. The van der Waals surface area contributed by atoms with Gasteiger partial charge in [-0.2, -0.15) is 0 Å². The number of carbonyl (C=O) groups is 1. The van der Waals surface area contributed by atoms with Gasteiger partial charge in [0.2, 0.25) is 0 Å². The summed E-state index contributed by atoms with van der Waals surface area (Å²) in [7, 11) is 0. The van der Waals surface area contributed by atoms with E-state index in [0.29, 0.717) is 17.1 Å². The molecule has 0 spiro atoms. The zero-order valence-corrected chi connectivity index (χ0v) is 13.5. The maximum atomic E-state index is 12.2. The number of hydrogen-bond donors (Lipinski definition) is 1. The second-order valence-corrected chi connectivity index (χ2v) is 5.85. The second kappa shape index (κ2) is 6.93. The third-order valence-electron chi connectivity index (χ3n) is 2.91. The third kappa shape index (κ3) is 3.73. The first-order valence-corrected chi connectivity index (χ1v) is 7.03. The number of rotatable bonds is 1. The second-order valence-electron chi connectivity index (χ2n) is 4.28. The van der Waals surface area contributed by atoms with Crippen LogP contribution in [-0.2, 0) is 0 Å². The van der Waals surface area contributed by atoms with Gasteiger partial charge >= 0.3 is 0 Å². The van der Waals surface area contributed by atoms with Crippen molar-refractivity contribution in [3.8, 4) is 0 Å². The molecule has 0 aliphatic carbocycles. The Labute approximate surface area is 132 Å². The molecule has 2 N–H and O–H groups in total. The zero-order valence-electron chi connectivity index (χ0n) is 9.73. The Bertz CT molecular complexity index is 442. The number of benzene rings is 1. The smallest absolute Gasteiger partial charge is 0.253 e. The summed E-state index contributed by atoms with van der Waals surface area (Å²) in [6.45, 7) is 1.45. The summed E-state index contributed by atoms with van der Waals surface area (Å²) < 4.78 is 0.899. The number of amides is 1. The molecule has 3 nitrogen and oxygen atoms in total. The maximum absolute atomic E-state index is 12.2. The van der Waals surface area contributed by atoms with E-state index in [4.69, 9.17) is 17.3 Å². The van der Waals surface area contributed by atoms with Crippen molar-refractivity contribution in [1.82, 2.24) is 4.90 Å². The van der Waals surface area contributed by atoms with Crippen molar-refractivity contribution in [1.29, 1.82) is 0 Å². The van der Waals surface area contributed by atoms with Crippen LogP contribution in [0.1, 0.15) is 23.2 Å². The van der Waals surface area contributed by atoms with Gasteiger partial charge in [-0.3, -0.25) is 4.79 Å². The molecule has 18 heavy (non-hydrogen) atoms. The van der Waals surface area contributed by atoms with Crippen molar-refractivity contribution in [2.45, 2.75) is 18.9 Å². The van der Waals surface area contributed by atoms with Crippen LogP contribution in [0.4, 0.5) is 0 Å².